The molecule has 21 heavy (non-hydrogen) atoms. The van der Waals surface area contributed by atoms with Crippen LogP contribution in [-0.2, 0) is 4.79 Å². The van der Waals surface area contributed by atoms with Crippen LogP contribution in [0.3, 0.4) is 0 Å². The predicted octanol–water partition coefficient (Wildman–Crippen LogP) is 1.95. The van der Waals surface area contributed by atoms with E-state index in [0.717, 1.165) is 45.6 Å². The second kappa shape index (κ2) is 8.14. The van der Waals surface area contributed by atoms with Crippen molar-refractivity contribution in [3.63, 3.8) is 0 Å². The molecule has 2 fully saturated rings. The van der Waals surface area contributed by atoms with Crippen molar-refractivity contribution in [1.29, 1.82) is 0 Å². The van der Waals surface area contributed by atoms with E-state index in [0.29, 0.717) is 17.9 Å². The lowest BCUT2D eigenvalue weighted by Gasteiger charge is -2.39. The van der Waals surface area contributed by atoms with Gasteiger partial charge in [-0.2, -0.15) is 0 Å². The highest BCUT2D eigenvalue weighted by Crippen LogP contribution is 2.24. The predicted molar refractivity (Wildman–Crippen MR) is 87.3 cm³/mol. The van der Waals surface area contributed by atoms with Gasteiger partial charge >= 0.3 is 0 Å². The smallest absolute Gasteiger partial charge is 0.223 e. The Morgan fingerprint density at radius 2 is 1.76 bits per heavy atom. The highest BCUT2D eigenvalue weighted by molar-refractivity contribution is 5.78. The van der Waals surface area contributed by atoms with Crippen LogP contribution in [0.4, 0.5) is 0 Å². The molecule has 0 bridgehead atoms. The van der Waals surface area contributed by atoms with E-state index in [-0.39, 0.29) is 5.92 Å². The van der Waals surface area contributed by atoms with Crippen LogP contribution >= 0.6 is 0 Å². The summed E-state index contributed by atoms with van der Waals surface area (Å²) in [5, 5.41) is 3.24. The quantitative estimate of drug-likeness (QED) is 0.813. The molecule has 1 atom stereocenters. The molecule has 4 nitrogen and oxygen atoms in total. The number of nitrogens with zero attached hydrogens (tertiary/aromatic N) is 2. The van der Waals surface area contributed by atoms with Gasteiger partial charge in [-0.25, -0.2) is 0 Å². The molecule has 1 amide bonds. The minimum absolute atomic E-state index is 0.289. The zero-order valence-electron chi connectivity index (χ0n) is 14.1. The van der Waals surface area contributed by atoms with Crippen LogP contribution in [0.1, 0.15) is 46.0 Å². The third kappa shape index (κ3) is 5.26. The highest BCUT2D eigenvalue weighted by atomic mass is 16.1. The van der Waals surface area contributed by atoms with Gasteiger partial charge in [0.05, 0.1) is 0 Å². The van der Waals surface area contributed by atoms with E-state index in [1.807, 2.05) is 0 Å². The number of hydrogen-bond acceptors (Lipinski definition) is 3. The van der Waals surface area contributed by atoms with Gasteiger partial charge in [-0.3, -0.25) is 9.69 Å². The summed E-state index contributed by atoms with van der Waals surface area (Å²) in [7, 11) is 2.19. The third-order valence-electron chi connectivity index (χ3n) is 5.04. The van der Waals surface area contributed by atoms with Crippen LogP contribution < -0.4 is 5.32 Å². The average Bonchev–Trinajstić information content (AvgIpc) is 2.98. The van der Waals surface area contributed by atoms with Crippen molar-refractivity contribution in [2.45, 2.75) is 52.0 Å². The molecule has 0 aromatic carbocycles. The monoisotopic (exact) mass is 295 g/mol. The molecule has 0 radical (unpaired) electrons. The van der Waals surface area contributed by atoms with Crippen LogP contribution in [0, 0.1) is 11.8 Å². The first-order chi connectivity index (χ1) is 10.1. The summed E-state index contributed by atoms with van der Waals surface area (Å²) < 4.78 is 0. The molecule has 1 saturated heterocycles. The van der Waals surface area contributed by atoms with E-state index in [1.165, 1.54) is 19.3 Å². The van der Waals surface area contributed by atoms with Crippen molar-refractivity contribution < 1.29 is 4.79 Å². The molecule has 0 aromatic rings. The van der Waals surface area contributed by atoms with Crippen molar-refractivity contribution in [2.24, 2.45) is 11.8 Å². The SMILES string of the molecule is CC(C)CC(CNC(=O)C1CCCC1)N1CCN(C)CC1. The Kier molecular flexibility index (Phi) is 6.49. The largest absolute Gasteiger partial charge is 0.354 e. The lowest BCUT2D eigenvalue weighted by atomic mass is 10.0. The van der Waals surface area contributed by atoms with Gasteiger partial charge in [-0.15, -0.1) is 0 Å². The zero-order valence-corrected chi connectivity index (χ0v) is 14.1. The van der Waals surface area contributed by atoms with Crippen LogP contribution in [-0.4, -0.2) is 61.5 Å². The summed E-state index contributed by atoms with van der Waals surface area (Å²) in [5.41, 5.74) is 0. The number of carbonyl (C=O) groups excluding carboxylic acids is 1. The summed E-state index contributed by atoms with van der Waals surface area (Å²) in [6, 6.07) is 0.504. The van der Waals surface area contributed by atoms with E-state index >= 15 is 0 Å². The van der Waals surface area contributed by atoms with E-state index in [4.69, 9.17) is 0 Å². The van der Waals surface area contributed by atoms with Crippen molar-refractivity contribution in [3.8, 4) is 0 Å². The van der Waals surface area contributed by atoms with Crippen molar-refractivity contribution in [2.75, 3.05) is 39.8 Å². The first kappa shape index (κ1) is 16.8. The molecule has 0 spiro atoms. The maximum Gasteiger partial charge on any atom is 0.223 e. The van der Waals surface area contributed by atoms with Gasteiger partial charge in [0.25, 0.3) is 0 Å². The van der Waals surface area contributed by atoms with Crippen molar-refractivity contribution in [1.82, 2.24) is 15.1 Å². The topological polar surface area (TPSA) is 35.6 Å². The molecule has 1 heterocycles. The Labute approximate surface area is 130 Å². The number of carbonyl (C=O) groups is 1. The Bertz CT molecular complexity index is 318. The minimum atomic E-state index is 0.289. The second-order valence-corrected chi connectivity index (χ2v) is 7.35. The first-order valence-corrected chi connectivity index (χ1v) is 8.76. The lowest BCUT2D eigenvalue weighted by molar-refractivity contribution is -0.125. The van der Waals surface area contributed by atoms with Crippen LogP contribution in [0.25, 0.3) is 0 Å². The van der Waals surface area contributed by atoms with Gasteiger partial charge in [0, 0.05) is 44.7 Å². The van der Waals surface area contributed by atoms with E-state index in [1.54, 1.807) is 0 Å². The van der Waals surface area contributed by atoms with Crippen molar-refractivity contribution >= 4 is 5.91 Å². The molecule has 0 aromatic heterocycles. The minimum Gasteiger partial charge on any atom is -0.354 e. The van der Waals surface area contributed by atoms with Gasteiger partial charge in [-0.05, 0) is 32.2 Å². The van der Waals surface area contributed by atoms with Gasteiger partial charge < -0.3 is 10.2 Å². The van der Waals surface area contributed by atoms with Crippen molar-refractivity contribution in [3.05, 3.63) is 0 Å². The molecule has 1 aliphatic heterocycles. The van der Waals surface area contributed by atoms with E-state index < -0.39 is 0 Å². The Morgan fingerprint density at radius 1 is 1.14 bits per heavy atom. The normalized spacial score (nSPS) is 23.6. The molecule has 1 saturated carbocycles. The molecular weight excluding hydrogens is 262 g/mol. The summed E-state index contributed by atoms with van der Waals surface area (Å²) in [6.07, 6.45) is 5.82. The highest BCUT2D eigenvalue weighted by Gasteiger charge is 2.26. The summed E-state index contributed by atoms with van der Waals surface area (Å²) in [5.74, 6) is 1.27. The number of rotatable bonds is 6. The average molecular weight is 295 g/mol. The Hall–Kier alpha value is -0.610. The van der Waals surface area contributed by atoms with Gasteiger partial charge in [0.2, 0.25) is 5.91 Å². The molecule has 4 heteroatoms. The molecule has 122 valence electrons. The van der Waals surface area contributed by atoms with E-state index in [9.17, 15) is 4.79 Å². The number of nitrogens with one attached hydrogen (secondary N) is 1. The Balaban J connectivity index is 1.82. The fourth-order valence-corrected chi connectivity index (χ4v) is 3.64. The maximum absolute atomic E-state index is 12.2. The fourth-order valence-electron chi connectivity index (χ4n) is 3.64. The van der Waals surface area contributed by atoms with Gasteiger partial charge in [0.15, 0.2) is 0 Å². The Morgan fingerprint density at radius 3 is 2.33 bits per heavy atom. The second-order valence-electron chi connectivity index (χ2n) is 7.35. The fraction of sp³-hybridized carbons (Fsp3) is 0.941. The lowest BCUT2D eigenvalue weighted by Crippen LogP contribution is -2.53. The number of likely N-dealkylation sites (N-methyl/N-ethyl adjacent to an activating group) is 1. The van der Waals surface area contributed by atoms with Crippen LogP contribution in [0.15, 0.2) is 0 Å². The summed E-state index contributed by atoms with van der Waals surface area (Å²) >= 11 is 0. The molecule has 1 aliphatic carbocycles. The van der Waals surface area contributed by atoms with Gasteiger partial charge in [0.1, 0.15) is 0 Å². The maximum atomic E-state index is 12.2. The zero-order chi connectivity index (χ0) is 15.2. The standard InChI is InChI=1S/C17H33N3O/c1-14(2)12-16(20-10-8-19(3)9-11-20)13-18-17(21)15-6-4-5-7-15/h14-16H,4-13H2,1-3H3,(H,18,21). The molecular formula is C17H33N3O. The summed E-state index contributed by atoms with van der Waals surface area (Å²) in [6.45, 7) is 9.94. The molecule has 1 unspecified atom stereocenters. The van der Waals surface area contributed by atoms with Crippen LogP contribution in [0.2, 0.25) is 0 Å². The van der Waals surface area contributed by atoms with Gasteiger partial charge in [-0.1, -0.05) is 26.7 Å². The molecule has 1 N–H and O–H groups in total. The summed E-state index contributed by atoms with van der Waals surface area (Å²) in [4.78, 5) is 17.2. The third-order valence-corrected chi connectivity index (χ3v) is 5.04. The number of amides is 1. The van der Waals surface area contributed by atoms with Crippen LogP contribution in [0.5, 0.6) is 0 Å². The molecule has 2 aliphatic rings. The number of hydrogen-bond donors (Lipinski definition) is 1. The molecule has 2 rings (SSSR count). The first-order valence-electron chi connectivity index (χ1n) is 8.76. The number of piperazine rings is 1. The van der Waals surface area contributed by atoms with E-state index in [2.05, 4.69) is 36.0 Å².